The molecule has 158 valence electrons. The number of hydrogen-bond acceptors (Lipinski definition) is 6. The van der Waals surface area contributed by atoms with E-state index in [0.29, 0.717) is 29.3 Å². The Morgan fingerprint density at radius 2 is 1.90 bits per heavy atom. The van der Waals surface area contributed by atoms with Crippen molar-refractivity contribution in [3.05, 3.63) is 70.6 Å². The fourth-order valence-electron chi connectivity index (χ4n) is 3.96. The molecule has 0 bridgehead atoms. The van der Waals surface area contributed by atoms with E-state index in [-0.39, 0.29) is 6.61 Å². The van der Waals surface area contributed by atoms with Gasteiger partial charge in [0.1, 0.15) is 0 Å². The zero-order valence-electron chi connectivity index (χ0n) is 17.2. The van der Waals surface area contributed by atoms with Crippen molar-refractivity contribution in [2.24, 2.45) is 0 Å². The number of rotatable bonds is 7. The Balaban J connectivity index is 1.39. The molecular weight excluding hydrogens is 400 g/mol. The third-order valence-electron chi connectivity index (χ3n) is 5.72. The number of benzene rings is 2. The minimum Gasteiger partial charge on any atom is -0.396 e. The zero-order valence-corrected chi connectivity index (χ0v) is 17.9. The summed E-state index contributed by atoms with van der Waals surface area (Å²) in [7, 11) is 0. The SMILES string of the molecule is Cc1ccccc1CN1CCN(Cc2nc(-c3ccc(Cl)cc3)no2)C[C@H]1CCO. The Morgan fingerprint density at radius 3 is 2.67 bits per heavy atom. The van der Waals surface area contributed by atoms with E-state index in [4.69, 9.17) is 16.1 Å². The van der Waals surface area contributed by atoms with E-state index in [1.54, 1.807) is 0 Å². The molecule has 1 fully saturated rings. The smallest absolute Gasteiger partial charge is 0.241 e. The molecule has 2 heterocycles. The van der Waals surface area contributed by atoms with Crippen LogP contribution in [0.2, 0.25) is 5.02 Å². The van der Waals surface area contributed by atoms with Crippen LogP contribution in [0, 0.1) is 6.92 Å². The van der Waals surface area contributed by atoms with Gasteiger partial charge in [-0.05, 0) is 48.7 Å². The Bertz CT molecular complexity index is 960. The predicted octanol–water partition coefficient (Wildman–Crippen LogP) is 3.77. The van der Waals surface area contributed by atoms with Gasteiger partial charge in [-0.3, -0.25) is 9.80 Å². The normalized spacial score (nSPS) is 18.0. The lowest BCUT2D eigenvalue weighted by atomic mass is 10.0. The molecule has 2 aromatic carbocycles. The number of halogens is 1. The molecule has 1 aromatic heterocycles. The zero-order chi connectivity index (χ0) is 20.9. The maximum atomic E-state index is 9.59. The molecule has 0 unspecified atom stereocenters. The van der Waals surface area contributed by atoms with E-state index in [9.17, 15) is 5.11 Å². The molecule has 6 nitrogen and oxygen atoms in total. The molecule has 0 amide bonds. The molecule has 0 spiro atoms. The Hall–Kier alpha value is -2.25. The van der Waals surface area contributed by atoms with Gasteiger partial charge in [-0.1, -0.05) is 41.0 Å². The van der Waals surface area contributed by atoms with Crippen LogP contribution >= 0.6 is 11.6 Å². The number of aliphatic hydroxyl groups is 1. The van der Waals surface area contributed by atoms with E-state index in [1.165, 1.54) is 11.1 Å². The van der Waals surface area contributed by atoms with Gasteiger partial charge >= 0.3 is 0 Å². The Labute approximate surface area is 182 Å². The van der Waals surface area contributed by atoms with E-state index in [1.807, 2.05) is 24.3 Å². The van der Waals surface area contributed by atoms with Crippen LogP contribution in [0.1, 0.15) is 23.4 Å². The Morgan fingerprint density at radius 1 is 1.10 bits per heavy atom. The van der Waals surface area contributed by atoms with Crippen molar-refractivity contribution in [3.8, 4) is 11.4 Å². The van der Waals surface area contributed by atoms with Crippen LogP contribution in [-0.4, -0.2) is 57.3 Å². The lowest BCUT2D eigenvalue weighted by Gasteiger charge is -2.41. The summed E-state index contributed by atoms with van der Waals surface area (Å²) in [6.07, 6.45) is 0.752. The molecule has 1 aliphatic rings. The maximum Gasteiger partial charge on any atom is 0.241 e. The van der Waals surface area contributed by atoms with Gasteiger partial charge in [0.15, 0.2) is 0 Å². The van der Waals surface area contributed by atoms with Crippen LogP contribution < -0.4 is 0 Å². The molecule has 1 aliphatic heterocycles. The highest BCUT2D eigenvalue weighted by atomic mass is 35.5. The number of aryl methyl sites for hydroxylation is 1. The largest absolute Gasteiger partial charge is 0.396 e. The van der Waals surface area contributed by atoms with Gasteiger partial charge in [0, 0.05) is 49.4 Å². The topological polar surface area (TPSA) is 65.6 Å². The minimum absolute atomic E-state index is 0.185. The number of nitrogens with zero attached hydrogens (tertiary/aromatic N) is 4. The average Bonchev–Trinajstić information content (AvgIpc) is 3.20. The van der Waals surface area contributed by atoms with Crippen molar-refractivity contribution in [2.75, 3.05) is 26.2 Å². The number of aromatic nitrogens is 2. The summed E-state index contributed by atoms with van der Waals surface area (Å²) < 4.78 is 5.49. The van der Waals surface area contributed by atoms with Crippen LogP contribution in [-0.2, 0) is 13.1 Å². The molecule has 0 radical (unpaired) electrons. The molecule has 1 saturated heterocycles. The van der Waals surface area contributed by atoms with E-state index in [2.05, 4.69) is 51.1 Å². The predicted molar refractivity (Wildman–Crippen MR) is 117 cm³/mol. The standard InChI is InChI=1S/C23H27ClN4O2/c1-17-4-2-3-5-19(17)14-28-12-11-27(15-21(28)10-13-29)16-22-25-23(26-30-22)18-6-8-20(24)9-7-18/h2-9,21,29H,10-16H2,1H3/t21-/m1/s1. The first-order valence-corrected chi connectivity index (χ1v) is 10.7. The summed E-state index contributed by atoms with van der Waals surface area (Å²) in [5.74, 6) is 1.18. The summed E-state index contributed by atoms with van der Waals surface area (Å²) in [4.78, 5) is 9.35. The fourth-order valence-corrected chi connectivity index (χ4v) is 4.09. The number of aliphatic hydroxyl groups excluding tert-OH is 1. The summed E-state index contributed by atoms with van der Waals surface area (Å²) in [6.45, 7) is 6.59. The first-order valence-electron chi connectivity index (χ1n) is 10.3. The second-order valence-electron chi connectivity index (χ2n) is 7.82. The van der Waals surface area contributed by atoms with Gasteiger partial charge < -0.3 is 9.63 Å². The summed E-state index contributed by atoms with van der Waals surface area (Å²) >= 11 is 5.95. The lowest BCUT2D eigenvalue weighted by Crippen LogP contribution is -2.52. The van der Waals surface area contributed by atoms with Gasteiger partial charge in [0.2, 0.25) is 11.7 Å². The van der Waals surface area contributed by atoms with E-state index in [0.717, 1.165) is 38.2 Å². The monoisotopic (exact) mass is 426 g/mol. The summed E-state index contributed by atoms with van der Waals surface area (Å²) in [6, 6.07) is 16.2. The van der Waals surface area contributed by atoms with E-state index >= 15 is 0 Å². The third-order valence-corrected chi connectivity index (χ3v) is 5.97. The van der Waals surface area contributed by atoms with Crippen molar-refractivity contribution in [2.45, 2.75) is 32.5 Å². The van der Waals surface area contributed by atoms with Crippen molar-refractivity contribution in [1.29, 1.82) is 0 Å². The average molecular weight is 427 g/mol. The molecule has 1 N–H and O–H groups in total. The minimum atomic E-state index is 0.185. The molecule has 7 heteroatoms. The highest BCUT2D eigenvalue weighted by Gasteiger charge is 2.28. The third kappa shape index (κ3) is 5.08. The highest BCUT2D eigenvalue weighted by Crippen LogP contribution is 2.22. The summed E-state index contributed by atoms with van der Waals surface area (Å²) in [5.41, 5.74) is 3.54. The lowest BCUT2D eigenvalue weighted by molar-refractivity contribution is 0.0449. The van der Waals surface area contributed by atoms with Gasteiger partial charge in [-0.25, -0.2) is 0 Å². The maximum absolute atomic E-state index is 9.59. The van der Waals surface area contributed by atoms with Gasteiger partial charge in [0.25, 0.3) is 0 Å². The van der Waals surface area contributed by atoms with Gasteiger partial charge in [-0.15, -0.1) is 0 Å². The highest BCUT2D eigenvalue weighted by molar-refractivity contribution is 6.30. The first-order chi connectivity index (χ1) is 14.6. The number of piperazine rings is 1. The van der Waals surface area contributed by atoms with Gasteiger partial charge in [-0.2, -0.15) is 4.98 Å². The molecule has 4 rings (SSSR count). The van der Waals surface area contributed by atoms with Gasteiger partial charge in [0.05, 0.1) is 6.54 Å². The summed E-state index contributed by atoms with van der Waals surface area (Å²) in [5, 5.41) is 14.4. The van der Waals surface area contributed by atoms with Crippen LogP contribution in [0.25, 0.3) is 11.4 Å². The van der Waals surface area contributed by atoms with Crippen LogP contribution in [0.5, 0.6) is 0 Å². The van der Waals surface area contributed by atoms with Crippen LogP contribution in [0.4, 0.5) is 0 Å². The van der Waals surface area contributed by atoms with Crippen LogP contribution in [0.3, 0.4) is 0 Å². The first kappa shape index (κ1) is 21.0. The second-order valence-corrected chi connectivity index (χ2v) is 8.25. The van der Waals surface area contributed by atoms with Crippen molar-refractivity contribution < 1.29 is 9.63 Å². The van der Waals surface area contributed by atoms with Crippen molar-refractivity contribution >= 4 is 11.6 Å². The van der Waals surface area contributed by atoms with Crippen molar-refractivity contribution in [1.82, 2.24) is 19.9 Å². The second kappa shape index (κ2) is 9.71. The Kier molecular flexibility index (Phi) is 6.79. The molecule has 1 atom stereocenters. The molecular formula is C23H27ClN4O2. The number of hydrogen-bond donors (Lipinski definition) is 1. The molecule has 0 saturated carbocycles. The quantitative estimate of drug-likeness (QED) is 0.620. The molecule has 3 aromatic rings. The molecule has 0 aliphatic carbocycles. The van der Waals surface area contributed by atoms with Crippen molar-refractivity contribution in [3.63, 3.8) is 0 Å². The molecule has 30 heavy (non-hydrogen) atoms. The van der Waals surface area contributed by atoms with Crippen LogP contribution in [0.15, 0.2) is 53.1 Å². The van der Waals surface area contributed by atoms with E-state index < -0.39 is 0 Å². The fraction of sp³-hybridized carbons (Fsp3) is 0.391.